The maximum atomic E-state index is 12.0. The van der Waals surface area contributed by atoms with Crippen LogP contribution < -0.4 is 0 Å². The summed E-state index contributed by atoms with van der Waals surface area (Å²) < 4.78 is 10.1. The standard InChI is InChI=1S/C12H18N2O3/c1-9-7-11(13-17-9)12(15)14-5-3-10(4-6-14)8-16-2/h7,10H,3-6,8H2,1-2H3. The SMILES string of the molecule is COCC1CCN(C(=O)c2cc(C)on2)CC1. The van der Waals surface area contributed by atoms with Gasteiger partial charge >= 0.3 is 0 Å². The van der Waals surface area contributed by atoms with Crippen molar-refractivity contribution in [3.8, 4) is 0 Å². The van der Waals surface area contributed by atoms with Crippen LogP contribution in [0, 0.1) is 12.8 Å². The summed E-state index contributed by atoms with van der Waals surface area (Å²) in [6, 6.07) is 1.68. The minimum Gasteiger partial charge on any atom is -0.384 e. The van der Waals surface area contributed by atoms with Gasteiger partial charge in [0.1, 0.15) is 5.76 Å². The van der Waals surface area contributed by atoms with Crippen LogP contribution in [0.2, 0.25) is 0 Å². The molecule has 1 amide bonds. The highest BCUT2D eigenvalue weighted by atomic mass is 16.5. The Morgan fingerprint density at radius 2 is 2.29 bits per heavy atom. The van der Waals surface area contributed by atoms with E-state index in [4.69, 9.17) is 9.26 Å². The summed E-state index contributed by atoms with van der Waals surface area (Å²) in [6.45, 7) is 4.12. The fourth-order valence-electron chi connectivity index (χ4n) is 2.17. The average Bonchev–Trinajstić information content (AvgIpc) is 2.76. The van der Waals surface area contributed by atoms with Crippen LogP contribution in [0.3, 0.4) is 0 Å². The minimum atomic E-state index is -0.0299. The molecule has 0 spiro atoms. The topological polar surface area (TPSA) is 55.6 Å². The average molecular weight is 238 g/mol. The third-order valence-corrected chi connectivity index (χ3v) is 3.15. The van der Waals surface area contributed by atoms with Crippen LogP contribution in [-0.4, -0.2) is 42.8 Å². The molecule has 0 aromatic carbocycles. The van der Waals surface area contributed by atoms with Gasteiger partial charge in [0, 0.05) is 32.9 Å². The van der Waals surface area contributed by atoms with Gasteiger partial charge in [0.15, 0.2) is 5.69 Å². The molecule has 2 heterocycles. The number of aromatic nitrogens is 1. The lowest BCUT2D eigenvalue weighted by Gasteiger charge is -2.31. The van der Waals surface area contributed by atoms with Crippen molar-refractivity contribution in [2.75, 3.05) is 26.8 Å². The van der Waals surface area contributed by atoms with E-state index in [1.54, 1.807) is 20.1 Å². The Bertz CT molecular complexity index is 381. The van der Waals surface area contributed by atoms with Crippen molar-refractivity contribution < 1.29 is 14.1 Å². The zero-order valence-electron chi connectivity index (χ0n) is 10.3. The second kappa shape index (κ2) is 5.31. The highest BCUT2D eigenvalue weighted by Crippen LogP contribution is 2.19. The lowest BCUT2D eigenvalue weighted by atomic mass is 9.97. The maximum absolute atomic E-state index is 12.0. The molecule has 0 N–H and O–H groups in total. The number of hydrogen-bond acceptors (Lipinski definition) is 4. The molecule has 1 saturated heterocycles. The Balaban J connectivity index is 1.90. The number of rotatable bonds is 3. The quantitative estimate of drug-likeness (QED) is 0.800. The fraction of sp³-hybridized carbons (Fsp3) is 0.667. The van der Waals surface area contributed by atoms with Gasteiger partial charge in [-0.2, -0.15) is 0 Å². The molecule has 0 bridgehead atoms. The van der Waals surface area contributed by atoms with Gasteiger partial charge in [-0.25, -0.2) is 0 Å². The van der Waals surface area contributed by atoms with E-state index >= 15 is 0 Å². The molecule has 5 nitrogen and oxygen atoms in total. The summed E-state index contributed by atoms with van der Waals surface area (Å²) in [5, 5.41) is 3.76. The molecule has 1 aliphatic heterocycles. The Labute approximate surface area is 101 Å². The first-order chi connectivity index (χ1) is 8.20. The molecule has 94 valence electrons. The molecule has 17 heavy (non-hydrogen) atoms. The molecule has 1 aromatic heterocycles. The van der Waals surface area contributed by atoms with Gasteiger partial charge in [0.2, 0.25) is 0 Å². The monoisotopic (exact) mass is 238 g/mol. The molecular weight excluding hydrogens is 220 g/mol. The largest absolute Gasteiger partial charge is 0.384 e. The highest BCUT2D eigenvalue weighted by molar-refractivity contribution is 5.92. The first kappa shape index (κ1) is 12.1. The molecular formula is C12H18N2O3. The number of methoxy groups -OCH3 is 1. The second-order valence-electron chi connectivity index (χ2n) is 4.51. The highest BCUT2D eigenvalue weighted by Gasteiger charge is 2.25. The van der Waals surface area contributed by atoms with Crippen LogP contribution in [0.5, 0.6) is 0 Å². The van der Waals surface area contributed by atoms with Crippen LogP contribution >= 0.6 is 0 Å². The number of hydrogen-bond donors (Lipinski definition) is 0. The van der Waals surface area contributed by atoms with Gasteiger partial charge < -0.3 is 14.2 Å². The smallest absolute Gasteiger partial charge is 0.276 e. The van der Waals surface area contributed by atoms with Crippen molar-refractivity contribution in [2.45, 2.75) is 19.8 Å². The third kappa shape index (κ3) is 2.85. The number of carbonyl (C=O) groups is 1. The Morgan fingerprint density at radius 1 is 1.59 bits per heavy atom. The Morgan fingerprint density at radius 3 is 2.82 bits per heavy atom. The maximum Gasteiger partial charge on any atom is 0.276 e. The first-order valence-electron chi connectivity index (χ1n) is 5.92. The minimum absolute atomic E-state index is 0.0299. The molecule has 0 unspecified atom stereocenters. The van der Waals surface area contributed by atoms with Crippen LogP contribution in [0.25, 0.3) is 0 Å². The Hall–Kier alpha value is -1.36. The van der Waals surface area contributed by atoms with Crippen LogP contribution in [-0.2, 0) is 4.74 Å². The van der Waals surface area contributed by atoms with E-state index in [0.29, 0.717) is 17.4 Å². The van der Waals surface area contributed by atoms with E-state index in [-0.39, 0.29) is 5.91 Å². The van der Waals surface area contributed by atoms with E-state index in [1.165, 1.54) is 0 Å². The molecule has 0 radical (unpaired) electrons. The second-order valence-corrected chi connectivity index (χ2v) is 4.51. The van der Waals surface area contributed by atoms with Crippen molar-refractivity contribution in [3.05, 3.63) is 17.5 Å². The summed E-state index contributed by atoms with van der Waals surface area (Å²) in [5.74, 6) is 1.21. The van der Waals surface area contributed by atoms with E-state index in [1.807, 2.05) is 4.90 Å². The lowest BCUT2D eigenvalue weighted by molar-refractivity contribution is 0.0604. The molecule has 0 aliphatic carbocycles. The van der Waals surface area contributed by atoms with Crippen LogP contribution in [0.1, 0.15) is 29.1 Å². The predicted molar refractivity (Wildman–Crippen MR) is 61.7 cm³/mol. The van der Waals surface area contributed by atoms with Crippen molar-refractivity contribution in [2.24, 2.45) is 5.92 Å². The summed E-state index contributed by atoms with van der Waals surface area (Å²) in [4.78, 5) is 13.9. The van der Waals surface area contributed by atoms with Gasteiger partial charge in [-0.05, 0) is 25.7 Å². The molecule has 1 fully saturated rings. The summed E-state index contributed by atoms with van der Waals surface area (Å²) in [5.41, 5.74) is 0.410. The molecule has 1 aliphatic rings. The van der Waals surface area contributed by atoms with E-state index in [2.05, 4.69) is 5.16 Å². The predicted octanol–water partition coefficient (Wildman–Crippen LogP) is 1.48. The third-order valence-electron chi connectivity index (χ3n) is 3.15. The van der Waals surface area contributed by atoms with Gasteiger partial charge in [-0.1, -0.05) is 5.16 Å². The van der Waals surface area contributed by atoms with Crippen molar-refractivity contribution in [1.82, 2.24) is 10.1 Å². The van der Waals surface area contributed by atoms with E-state index in [0.717, 1.165) is 32.5 Å². The van der Waals surface area contributed by atoms with Crippen molar-refractivity contribution >= 4 is 5.91 Å². The van der Waals surface area contributed by atoms with Crippen molar-refractivity contribution in [3.63, 3.8) is 0 Å². The van der Waals surface area contributed by atoms with Crippen LogP contribution in [0.4, 0.5) is 0 Å². The summed E-state index contributed by atoms with van der Waals surface area (Å²) >= 11 is 0. The molecule has 5 heteroatoms. The summed E-state index contributed by atoms with van der Waals surface area (Å²) in [7, 11) is 1.72. The summed E-state index contributed by atoms with van der Waals surface area (Å²) in [6.07, 6.45) is 1.99. The lowest BCUT2D eigenvalue weighted by Crippen LogP contribution is -2.39. The molecule has 1 aromatic rings. The molecule has 0 atom stereocenters. The van der Waals surface area contributed by atoms with Gasteiger partial charge in [-0.3, -0.25) is 4.79 Å². The van der Waals surface area contributed by atoms with E-state index < -0.39 is 0 Å². The van der Waals surface area contributed by atoms with Gasteiger partial charge in [0.05, 0.1) is 0 Å². The van der Waals surface area contributed by atoms with Gasteiger partial charge in [0.25, 0.3) is 5.91 Å². The first-order valence-corrected chi connectivity index (χ1v) is 5.92. The van der Waals surface area contributed by atoms with Crippen molar-refractivity contribution in [1.29, 1.82) is 0 Å². The molecule has 0 saturated carbocycles. The fourth-order valence-corrected chi connectivity index (χ4v) is 2.17. The number of amides is 1. The van der Waals surface area contributed by atoms with E-state index in [9.17, 15) is 4.79 Å². The number of likely N-dealkylation sites (tertiary alicyclic amines) is 1. The van der Waals surface area contributed by atoms with Crippen LogP contribution in [0.15, 0.2) is 10.6 Å². The van der Waals surface area contributed by atoms with Gasteiger partial charge in [-0.15, -0.1) is 0 Å². The number of carbonyl (C=O) groups excluding carboxylic acids is 1. The number of nitrogens with zero attached hydrogens (tertiary/aromatic N) is 2. The molecule has 2 rings (SSSR count). The normalized spacial score (nSPS) is 17.4. The Kier molecular flexibility index (Phi) is 3.78. The zero-order chi connectivity index (χ0) is 12.3. The number of piperidine rings is 1. The zero-order valence-corrected chi connectivity index (χ0v) is 10.3. The number of aryl methyl sites for hydroxylation is 1. The number of ether oxygens (including phenoxy) is 1.